The number of benzene rings is 1. The first-order valence-corrected chi connectivity index (χ1v) is 6.87. The Bertz CT molecular complexity index is 452. The van der Waals surface area contributed by atoms with Gasteiger partial charge in [0.05, 0.1) is 14.2 Å². The number of methoxy groups -OCH3 is 2. The second-order valence-electron chi connectivity index (χ2n) is 4.96. The molecule has 2 rings (SSSR count). The smallest absolute Gasteiger partial charge is 0.254 e. The molecule has 0 radical (unpaired) electrons. The van der Waals surface area contributed by atoms with Crippen LogP contribution in [0.1, 0.15) is 23.2 Å². The van der Waals surface area contributed by atoms with Crippen molar-refractivity contribution in [3.8, 4) is 11.5 Å². The minimum Gasteiger partial charge on any atom is -0.497 e. The van der Waals surface area contributed by atoms with Crippen LogP contribution in [0.3, 0.4) is 0 Å². The summed E-state index contributed by atoms with van der Waals surface area (Å²) in [5, 5.41) is 3.26. The van der Waals surface area contributed by atoms with Crippen molar-refractivity contribution in [1.29, 1.82) is 0 Å². The standard InChI is InChI=1S/C15H22N2O3.ClH/c1-16-12-4-6-17(7-5-12)15(18)11-8-13(19-2)10-14(9-11)20-3;/h8-10,12,16H,4-7H2,1-3H3;1H. The number of ether oxygens (including phenoxy) is 2. The number of carbonyl (C=O) groups excluding carboxylic acids is 1. The summed E-state index contributed by atoms with van der Waals surface area (Å²) in [6.07, 6.45) is 1.98. The highest BCUT2D eigenvalue weighted by Gasteiger charge is 2.23. The average molecular weight is 315 g/mol. The zero-order valence-corrected chi connectivity index (χ0v) is 13.5. The van der Waals surface area contributed by atoms with Gasteiger partial charge in [-0.1, -0.05) is 0 Å². The fourth-order valence-electron chi connectivity index (χ4n) is 2.48. The first-order chi connectivity index (χ1) is 9.67. The number of piperidine rings is 1. The fourth-order valence-corrected chi connectivity index (χ4v) is 2.48. The van der Waals surface area contributed by atoms with Gasteiger partial charge in [-0.3, -0.25) is 4.79 Å². The van der Waals surface area contributed by atoms with Gasteiger partial charge in [0.2, 0.25) is 0 Å². The fraction of sp³-hybridized carbons (Fsp3) is 0.533. The van der Waals surface area contributed by atoms with Crippen LogP contribution < -0.4 is 14.8 Å². The number of hydrogen-bond acceptors (Lipinski definition) is 4. The summed E-state index contributed by atoms with van der Waals surface area (Å²) in [7, 11) is 5.14. The molecule has 0 aromatic heterocycles. The Kier molecular flexibility index (Phi) is 6.78. The van der Waals surface area contributed by atoms with Gasteiger partial charge in [-0.15, -0.1) is 12.4 Å². The topological polar surface area (TPSA) is 50.8 Å². The molecule has 21 heavy (non-hydrogen) atoms. The Hall–Kier alpha value is -1.46. The Morgan fingerprint density at radius 2 is 1.67 bits per heavy atom. The Morgan fingerprint density at radius 3 is 2.10 bits per heavy atom. The summed E-state index contributed by atoms with van der Waals surface area (Å²) in [6.45, 7) is 1.56. The molecule has 1 saturated heterocycles. The predicted molar refractivity (Wildman–Crippen MR) is 84.8 cm³/mol. The van der Waals surface area contributed by atoms with Crippen molar-refractivity contribution in [2.45, 2.75) is 18.9 Å². The van der Waals surface area contributed by atoms with Crippen molar-refractivity contribution in [3.05, 3.63) is 23.8 Å². The maximum absolute atomic E-state index is 12.5. The van der Waals surface area contributed by atoms with Crippen molar-refractivity contribution in [2.75, 3.05) is 34.4 Å². The van der Waals surface area contributed by atoms with Gasteiger partial charge < -0.3 is 19.7 Å². The highest BCUT2D eigenvalue weighted by Crippen LogP contribution is 2.24. The normalized spacial score (nSPS) is 15.3. The molecule has 1 heterocycles. The lowest BCUT2D eigenvalue weighted by Crippen LogP contribution is -2.43. The SMILES string of the molecule is CNC1CCN(C(=O)c2cc(OC)cc(OC)c2)CC1.Cl. The molecule has 1 fully saturated rings. The molecule has 0 bridgehead atoms. The second kappa shape index (κ2) is 8.10. The molecule has 1 aliphatic heterocycles. The van der Waals surface area contributed by atoms with Crippen molar-refractivity contribution in [1.82, 2.24) is 10.2 Å². The predicted octanol–water partition coefficient (Wildman–Crippen LogP) is 1.95. The third-order valence-corrected chi connectivity index (χ3v) is 3.79. The summed E-state index contributed by atoms with van der Waals surface area (Å²) < 4.78 is 10.4. The van der Waals surface area contributed by atoms with Crippen LogP contribution in [-0.2, 0) is 0 Å². The first kappa shape index (κ1) is 17.6. The van der Waals surface area contributed by atoms with Crippen molar-refractivity contribution >= 4 is 18.3 Å². The summed E-state index contributed by atoms with van der Waals surface area (Å²) in [5.41, 5.74) is 0.615. The highest BCUT2D eigenvalue weighted by molar-refractivity contribution is 5.95. The van der Waals surface area contributed by atoms with Crippen molar-refractivity contribution in [2.24, 2.45) is 0 Å². The zero-order valence-electron chi connectivity index (χ0n) is 12.7. The van der Waals surface area contributed by atoms with E-state index in [1.54, 1.807) is 32.4 Å². The minimum atomic E-state index is 0. The van der Waals surface area contributed by atoms with Gasteiger partial charge in [0.1, 0.15) is 11.5 Å². The van der Waals surface area contributed by atoms with E-state index in [4.69, 9.17) is 9.47 Å². The number of nitrogens with one attached hydrogen (secondary N) is 1. The lowest BCUT2D eigenvalue weighted by Gasteiger charge is -2.32. The molecular weight excluding hydrogens is 292 g/mol. The molecule has 118 valence electrons. The number of amides is 1. The van der Waals surface area contributed by atoms with Crippen LogP contribution in [0, 0.1) is 0 Å². The van der Waals surface area contributed by atoms with Crippen LogP contribution in [-0.4, -0.2) is 51.2 Å². The number of rotatable bonds is 4. The molecule has 1 N–H and O–H groups in total. The van der Waals surface area contributed by atoms with Gasteiger partial charge >= 0.3 is 0 Å². The van der Waals surface area contributed by atoms with E-state index in [9.17, 15) is 4.79 Å². The zero-order chi connectivity index (χ0) is 14.5. The van der Waals surface area contributed by atoms with Crippen LogP contribution >= 0.6 is 12.4 Å². The van der Waals surface area contributed by atoms with Crippen LogP contribution in [0.15, 0.2) is 18.2 Å². The number of nitrogens with zero attached hydrogens (tertiary/aromatic N) is 1. The van der Waals surface area contributed by atoms with Crippen LogP contribution in [0.25, 0.3) is 0 Å². The number of halogens is 1. The van der Waals surface area contributed by atoms with E-state index in [2.05, 4.69) is 5.32 Å². The molecular formula is C15H23ClN2O3. The number of hydrogen-bond donors (Lipinski definition) is 1. The van der Waals surface area contributed by atoms with E-state index in [1.807, 2.05) is 11.9 Å². The third-order valence-electron chi connectivity index (χ3n) is 3.79. The van der Waals surface area contributed by atoms with Crippen LogP contribution in [0.5, 0.6) is 11.5 Å². The first-order valence-electron chi connectivity index (χ1n) is 6.87. The molecule has 6 heteroatoms. The molecule has 1 aliphatic rings. The highest BCUT2D eigenvalue weighted by atomic mass is 35.5. The van der Waals surface area contributed by atoms with E-state index in [-0.39, 0.29) is 18.3 Å². The Labute approximate surface area is 132 Å². The molecule has 0 aliphatic carbocycles. The molecule has 0 saturated carbocycles. The Balaban J connectivity index is 0.00000220. The van der Waals surface area contributed by atoms with Gasteiger partial charge in [-0.2, -0.15) is 0 Å². The van der Waals surface area contributed by atoms with E-state index >= 15 is 0 Å². The van der Waals surface area contributed by atoms with Gasteiger partial charge in [0.25, 0.3) is 5.91 Å². The average Bonchev–Trinajstić information content (AvgIpc) is 2.53. The summed E-state index contributed by atoms with van der Waals surface area (Å²) in [5.74, 6) is 1.31. The Morgan fingerprint density at radius 1 is 1.14 bits per heavy atom. The van der Waals surface area contributed by atoms with Gasteiger partial charge in [0, 0.05) is 30.8 Å². The van der Waals surface area contributed by atoms with Crippen LogP contribution in [0.2, 0.25) is 0 Å². The lowest BCUT2D eigenvalue weighted by molar-refractivity contribution is 0.0706. The van der Waals surface area contributed by atoms with Crippen LogP contribution in [0.4, 0.5) is 0 Å². The largest absolute Gasteiger partial charge is 0.497 e. The van der Waals surface area contributed by atoms with E-state index < -0.39 is 0 Å². The quantitative estimate of drug-likeness (QED) is 0.923. The molecule has 1 aromatic carbocycles. The molecule has 0 atom stereocenters. The summed E-state index contributed by atoms with van der Waals surface area (Å²) in [6, 6.07) is 5.80. The maximum Gasteiger partial charge on any atom is 0.254 e. The second-order valence-corrected chi connectivity index (χ2v) is 4.96. The molecule has 5 nitrogen and oxygen atoms in total. The van der Waals surface area contributed by atoms with E-state index in [0.29, 0.717) is 23.1 Å². The number of likely N-dealkylation sites (tertiary alicyclic amines) is 1. The van der Waals surface area contributed by atoms with Gasteiger partial charge in [0.15, 0.2) is 0 Å². The molecule has 1 aromatic rings. The summed E-state index contributed by atoms with van der Waals surface area (Å²) >= 11 is 0. The minimum absolute atomic E-state index is 0. The third kappa shape index (κ3) is 4.25. The van der Waals surface area contributed by atoms with Crippen molar-refractivity contribution < 1.29 is 14.3 Å². The monoisotopic (exact) mass is 314 g/mol. The summed E-state index contributed by atoms with van der Waals surface area (Å²) in [4.78, 5) is 14.4. The van der Waals surface area contributed by atoms with E-state index in [1.165, 1.54) is 0 Å². The molecule has 1 amide bonds. The number of carbonyl (C=O) groups is 1. The van der Waals surface area contributed by atoms with Gasteiger partial charge in [-0.25, -0.2) is 0 Å². The maximum atomic E-state index is 12.5. The van der Waals surface area contributed by atoms with Crippen molar-refractivity contribution in [3.63, 3.8) is 0 Å². The van der Waals surface area contributed by atoms with E-state index in [0.717, 1.165) is 25.9 Å². The molecule has 0 spiro atoms. The van der Waals surface area contributed by atoms with Gasteiger partial charge in [-0.05, 0) is 32.0 Å². The molecule has 0 unspecified atom stereocenters. The lowest BCUT2D eigenvalue weighted by atomic mass is 10.0.